The number of nitrogens with one attached hydrogen (secondary N) is 2. The Bertz CT molecular complexity index is 528. The zero-order valence-electron chi connectivity index (χ0n) is 9.37. The van der Waals surface area contributed by atoms with Crippen molar-refractivity contribution in [1.29, 1.82) is 0 Å². The van der Waals surface area contributed by atoms with Crippen LogP contribution in [0.15, 0.2) is 41.0 Å². The van der Waals surface area contributed by atoms with E-state index in [1.165, 1.54) is 5.56 Å². The van der Waals surface area contributed by atoms with Gasteiger partial charge in [0.2, 0.25) is 0 Å². The Morgan fingerprint density at radius 1 is 1.24 bits per heavy atom. The van der Waals surface area contributed by atoms with Gasteiger partial charge in [-0.25, -0.2) is 10.8 Å². The van der Waals surface area contributed by atoms with E-state index in [4.69, 9.17) is 5.84 Å². The zero-order chi connectivity index (χ0) is 12.3. The maximum atomic E-state index is 5.31. The largest absolute Gasteiger partial charge is 0.354 e. The number of benzene rings is 1. The minimum absolute atomic E-state index is 0.623. The number of aryl methyl sites for hydroxylation is 1. The van der Waals surface area contributed by atoms with Gasteiger partial charge < -0.3 is 10.7 Å². The molecule has 2 aromatic rings. The minimum atomic E-state index is 0.623. The lowest BCUT2D eigenvalue weighted by molar-refractivity contribution is 1.23. The molecular formula is C12H13BrN4. The number of hydrazine groups is 1. The van der Waals surface area contributed by atoms with Crippen molar-refractivity contribution in [2.75, 3.05) is 10.7 Å². The van der Waals surface area contributed by atoms with Crippen molar-refractivity contribution in [1.82, 2.24) is 4.98 Å². The molecule has 1 heterocycles. The normalized spacial score (nSPS) is 10.1. The third kappa shape index (κ3) is 2.95. The summed E-state index contributed by atoms with van der Waals surface area (Å²) in [6.45, 7) is 2.05. The van der Waals surface area contributed by atoms with Crippen LogP contribution in [0.5, 0.6) is 0 Å². The zero-order valence-corrected chi connectivity index (χ0v) is 11.0. The van der Waals surface area contributed by atoms with Crippen molar-refractivity contribution < 1.29 is 0 Å². The van der Waals surface area contributed by atoms with Crippen LogP contribution in [-0.4, -0.2) is 4.98 Å². The average molecular weight is 293 g/mol. The molecular weight excluding hydrogens is 280 g/mol. The molecule has 0 radical (unpaired) electrons. The molecule has 0 bridgehead atoms. The van der Waals surface area contributed by atoms with Gasteiger partial charge in [-0.05, 0) is 46.6 Å². The van der Waals surface area contributed by atoms with Crippen molar-refractivity contribution in [3.05, 3.63) is 46.6 Å². The van der Waals surface area contributed by atoms with Gasteiger partial charge in [0.15, 0.2) is 0 Å². The molecule has 0 aliphatic rings. The quantitative estimate of drug-likeness (QED) is 0.601. The van der Waals surface area contributed by atoms with Crippen LogP contribution in [0.2, 0.25) is 0 Å². The Morgan fingerprint density at radius 3 is 2.76 bits per heavy atom. The van der Waals surface area contributed by atoms with E-state index in [9.17, 15) is 0 Å². The number of pyridine rings is 1. The molecule has 1 aromatic carbocycles. The number of hydrogen-bond donors (Lipinski definition) is 3. The van der Waals surface area contributed by atoms with Crippen molar-refractivity contribution in [3.8, 4) is 0 Å². The molecule has 88 valence electrons. The van der Waals surface area contributed by atoms with Gasteiger partial charge in [-0.15, -0.1) is 0 Å². The minimum Gasteiger partial charge on any atom is -0.354 e. The molecule has 4 N–H and O–H groups in total. The highest BCUT2D eigenvalue weighted by Crippen LogP contribution is 2.27. The Kier molecular flexibility index (Phi) is 3.61. The smallest absolute Gasteiger partial charge is 0.141 e. The SMILES string of the molecule is Cc1ccc(Nc2ccnc(NN)c2)c(Br)c1. The van der Waals surface area contributed by atoms with Crippen molar-refractivity contribution >= 4 is 33.1 Å². The first-order chi connectivity index (χ1) is 8.19. The van der Waals surface area contributed by atoms with Crippen LogP contribution in [0.25, 0.3) is 0 Å². The molecule has 4 nitrogen and oxygen atoms in total. The van der Waals surface area contributed by atoms with Crippen molar-refractivity contribution in [3.63, 3.8) is 0 Å². The summed E-state index contributed by atoms with van der Waals surface area (Å²) in [5.74, 6) is 5.94. The van der Waals surface area contributed by atoms with Crippen LogP contribution in [0.3, 0.4) is 0 Å². The molecule has 0 fully saturated rings. The van der Waals surface area contributed by atoms with Crippen LogP contribution in [0.1, 0.15) is 5.56 Å². The summed E-state index contributed by atoms with van der Waals surface area (Å²) in [6, 6.07) is 9.86. The fourth-order valence-electron chi connectivity index (χ4n) is 1.46. The second kappa shape index (κ2) is 5.16. The van der Waals surface area contributed by atoms with Crippen molar-refractivity contribution in [2.45, 2.75) is 6.92 Å². The lowest BCUT2D eigenvalue weighted by Crippen LogP contribution is -2.08. The van der Waals surface area contributed by atoms with E-state index in [1.54, 1.807) is 6.20 Å². The van der Waals surface area contributed by atoms with E-state index in [-0.39, 0.29) is 0 Å². The van der Waals surface area contributed by atoms with Crippen molar-refractivity contribution in [2.24, 2.45) is 5.84 Å². The van der Waals surface area contributed by atoms with Gasteiger partial charge in [0.25, 0.3) is 0 Å². The molecule has 5 heteroatoms. The molecule has 0 atom stereocenters. The van der Waals surface area contributed by atoms with Gasteiger partial charge >= 0.3 is 0 Å². The number of halogens is 1. The van der Waals surface area contributed by atoms with E-state index >= 15 is 0 Å². The third-order valence-electron chi connectivity index (χ3n) is 2.31. The molecule has 0 saturated heterocycles. The summed E-state index contributed by atoms with van der Waals surface area (Å²) >= 11 is 3.52. The predicted molar refractivity (Wildman–Crippen MR) is 74.2 cm³/mol. The van der Waals surface area contributed by atoms with Gasteiger partial charge in [-0.2, -0.15) is 0 Å². The van der Waals surface area contributed by atoms with E-state index in [1.807, 2.05) is 18.2 Å². The first kappa shape index (κ1) is 11.9. The Balaban J connectivity index is 2.25. The monoisotopic (exact) mass is 292 g/mol. The van der Waals surface area contributed by atoms with E-state index < -0.39 is 0 Å². The number of anilines is 3. The third-order valence-corrected chi connectivity index (χ3v) is 2.97. The lowest BCUT2D eigenvalue weighted by atomic mass is 10.2. The maximum Gasteiger partial charge on any atom is 0.141 e. The van der Waals surface area contributed by atoms with Crippen LogP contribution in [-0.2, 0) is 0 Å². The number of rotatable bonds is 3. The van der Waals surface area contributed by atoms with E-state index in [2.05, 4.69) is 50.7 Å². The number of aromatic nitrogens is 1. The molecule has 0 unspecified atom stereocenters. The molecule has 0 aliphatic heterocycles. The van der Waals surface area contributed by atoms with Gasteiger partial charge in [-0.3, -0.25) is 0 Å². The predicted octanol–water partition coefficient (Wildman–Crippen LogP) is 3.18. The molecule has 0 saturated carbocycles. The molecule has 0 amide bonds. The molecule has 17 heavy (non-hydrogen) atoms. The summed E-state index contributed by atoms with van der Waals surface area (Å²) in [5.41, 5.74) is 5.66. The second-order valence-corrected chi connectivity index (χ2v) is 4.54. The van der Waals surface area contributed by atoms with Crippen LogP contribution in [0.4, 0.5) is 17.2 Å². The Morgan fingerprint density at radius 2 is 2.06 bits per heavy atom. The first-order valence-electron chi connectivity index (χ1n) is 5.15. The fraction of sp³-hybridized carbons (Fsp3) is 0.0833. The van der Waals surface area contributed by atoms with Gasteiger partial charge in [0, 0.05) is 22.4 Å². The second-order valence-electron chi connectivity index (χ2n) is 3.68. The van der Waals surface area contributed by atoms with E-state index in [0.29, 0.717) is 5.82 Å². The summed E-state index contributed by atoms with van der Waals surface area (Å²) in [7, 11) is 0. The number of nitrogens with zero attached hydrogens (tertiary/aromatic N) is 1. The Labute approximate surface area is 108 Å². The number of nitrogen functional groups attached to an aromatic ring is 1. The van der Waals surface area contributed by atoms with Crippen LogP contribution < -0.4 is 16.6 Å². The fourth-order valence-corrected chi connectivity index (χ4v) is 2.06. The van der Waals surface area contributed by atoms with Gasteiger partial charge in [-0.1, -0.05) is 6.07 Å². The first-order valence-corrected chi connectivity index (χ1v) is 5.94. The van der Waals surface area contributed by atoms with Crippen LogP contribution >= 0.6 is 15.9 Å². The average Bonchev–Trinajstić information content (AvgIpc) is 2.33. The number of nitrogens with two attached hydrogens (primary N) is 1. The summed E-state index contributed by atoms with van der Waals surface area (Å²) in [5, 5.41) is 3.29. The maximum absolute atomic E-state index is 5.31. The topological polar surface area (TPSA) is 63.0 Å². The Hall–Kier alpha value is -1.59. The summed E-state index contributed by atoms with van der Waals surface area (Å²) in [6.07, 6.45) is 1.69. The van der Waals surface area contributed by atoms with E-state index in [0.717, 1.165) is 15.8 Å². The lowest BCUT2D eigenvalue weighted by Gasteiger charge is -2.10. The molecule has 1 aromatic heterocycles. The van der Waals surface area contributed by atoms with Gasteiger partial charge in [0.05, 0.1) is 5.69 Å². The molecule has 2 rings (SSSR count). The highest BCUT2D eigenvalue weighted by atomic mass is 79.9. The van der Waals surface area contributed by atoms with Gasteiger partial charge in [0.1, 0.15) is 5.82 Å². The summed E-state index contributed by atoms with van der Waals surface area (Å²) < 4.78 is 1.02. The highest BCUT2D eigenvalue weighted by molar-refractivity contribution is 9.10. The van der Waals surface area contributed by atoms with Crippen LogP contribution in [0, 0.1) is 6.92 Å². The summed E-state index contributed by atoms with van der Waals surface area (Å²) in [4.78, 5) is 4.05. The molecule has 0 spiro atoms. The molecule has 0 aliphatic carbocycles. The number of hydrogen-bond acceptors (Lipinski definition) is 4. The highest BCUT2D eigenvalue weighted by Gasteiger charge is 2.01. The standard InChI is InChI=1S/C12H13BrN4/c1-8-2-3-11(10(13)6-8)16-9-4-5-15-12(7-9)17-14/h2-7H,14H2,1H3,(H2,15,16,17).